The van der Waals surface area contributed by atoms with E-state index in [1.54, 1.807) is 30.5 Å². The molecule has 1 unspecified atom stereocenters. The first-order valence-electron chi connectivity index (χ1n) is 9.62. The summed E-state index contributed by atoms with van der Waals surface area (Å²) in [6, 6.07) is 4.76. The normalized spacial score (nSPS) is 15.8. The number of guanidine groups is 1. The molecule has 1 aliphatic rings. The lowest BCUT2D eigenvalue weighted by atomic mass is 10.0. The molecule has 2 heterocycles. The molecule has 0 radical (unpaired) electrons. The summed E-state index contributed by atoms with van der Waals surface area (Å²) in [5.74, 6) is 0.443. The molecule has 0 amide bonds. The summed E-state index contributed by atoms with van der Waals surface area (Å²) in [6.45, 7) is 5.23. The molecule has 1 aliphatic heterocycles. The van der Waals surface area contributed by atoms with E-state index in [-0.39, 0.29) is 35.8 Å². The van der Waals surface area contributed by atoms with Crippen LogP contribution in [0.2, 0.25) is 5.02 Å². The molecule has 1 aromatic heterocycles. The number of rotatable bonds is 7. The minimum atomic E-state index is -0.256. The van der Waals surface area contributed by atoms with Gasteiger partial charge in [-0.2, -0.15) is 0 Å². The van der Waals surface area contributed by atoms with E-state index in [2.05, 4.69) is 32.4 Å². The maximum absolute atomic E-state index is 14.6. The summed E-state index contributed by atoms with van der Waals surface area (Å²) in [7, 11) is 1.74. The van der Waals surface area contributed by atoms with Crippen LogP contribution in [0.3, 0.4) is 0 Å². The minimum Gasteiger partial charge on any atom is -0.356 e. The Kier molecular flexibility index (Phi) is 10.1. The summed E-state index contributed by atoms with van der Waals surface area (Å²) >= 11 is 8.07. The second-order valence-corrected chi connectivity index (χ2v) is 8.62. The molecule has 2 N–H and O–H groups in total. The van der Waals surface area contributed by atoms with Crippen LogP contribution in [-0.2, 0) is 6.42 Å². The van der Waals surface area contributed by atoms with Gasteiger partial charge in [0, 0.05) is 48.2 Å². The predicted octanol–water partition coefficient (Wildman–Crippen LogP) is 4.41. The van der Waals surface area contributed by atoms with E-state index < -0.39 is 0 Å². The Balaban J connectivity index is 0.00000300. The molecule has 160 valence electrons. The Hall–Kier alpha value is -0.970. The van der Waals surface area contributed by atoms with Gasteiger partial charge in [0.15, 0.2) is 5.96 Å². The molecular weight excluding hydrogens is 524 g/mol. The number of benzene rings is 1. The molecule has 1 fully saturated rings. The first-order valence-corrected chi connectivity index (χ1v) is 10.8. The van der Waals surface area contributed by atoms with Crippen molar-refractivity contribution in [1.29, 1.82) is 0 Å². The van der Waals surface area contributed by atoms with Gasteiger partial charge in [-0.25, -0.2) is 9.37 Å². The Morgan fingerprint density at radius 3 is 2.72 bits per heavy atom. The highest BCUT2D eigenvalue weighted by atomic mass is 127. The molecule has 2 aromatic rings. The molecule has 5 nitrogen and oxygen atoms in total. The third kappa shape index (κ3) is 6.77. The van der Waals surface area contributed by atoms with E-state index in [1.807, 2.05) is 6.20 Å². The van der Waals surface area contributed by atoms with Crippen molar-refractivity contribution < 1.29 is 4.39 Å². The maximum Gasteiger partial charge on any atom is 0.191 e. The van der Waals surface area contributed by atoms with Crippen LogP contribution in [0.4, 0.5) is 4.39 Å². The third-order valence-corrected chi connectivity index (χ3v) is 6.20. The number of aromatic nitrogens is 1. The number of hydrogen-bond acceptors (Lipinski definition) is 4. The summed E-state index contributed by atoms with van der Waals surface area (Å²) in [6.07, 6.45) is 4.99. The molecule has 3 rings (SSSR count). The van der Waals surface area contributed by atoms with Crippen molar-refractivity contribution in [3.05, 3.63) is 50.7 Å². The van der Waals surface area contributed by atoms with Crippen molar-refractivity contribution >= 4 is 52.9 Å². The number of thiazole rings is 1. The number of nitrogens with one attached hydrogen (secondary N) is 2. The number of aryl methyl sites for hydroxylation is 1. The van der Waals surface area contributed by atoms with Gasteiger partial charge in [-0.1, -0.05) is 17.7 Å². The summed E-state index contributed by atoms with van der Waals surface area (Å²) in [4.78, 5) is 12.2. The molecular formula is C20H28ClFIN5S. The quantitative estimate of drug-likeness (QED) is 0.304. The second-order valence-electron chi connectivity index (χ2n) is 6.89. The molecule has 1 saturated heterocycles. The van der Waals surface area contributed by atoms with Gasteiger partial charge in [0.2, 0.25) is 0 Å². The highest BCUT2D eigenvalue weighted by Crippen LogP contribution is 2.31. The lowest BCUT2D eigenvalue weighted by Gasteiger charge is -2.29. The average molecular weight is 552 g/mol. The number of halogens is 3. The van der Waals surface area contributed by atoms with Crippen LogP contribution >= 0.6 is 46.9 Å². The maximum atomic E-state index is 14.6. The van der Waals surface area contributed by atoms with E-state index in [1.165, 1.54) is 10.9 Å². The molecule has 0 aliphatic carbocycles. The van der Waals surface area contributed by atoms with E-state index in [4.69, 9.17) is 11.6 Å². The van der Waals surface area contributed by atoms with Crippen LogP contribution in [0.5, 0.6) is 0 Å². The number of nitrogens with zero attached hydrogens (tertiary/aromatic N) is 3. The Morgan fingerprint density at radius 1 is 1.34 bits per heavy atom. The van der Waals surface area contributed by atoms with Crippen LogP contribution in [0, 0.1) is 12.7 Å². The third-order valence-electron chi connectivity index (χ3n) is 4.90. The van der Waals surface area contributed by atoms with Gasteiger partial charge in [0.25, 0.3) is 0 Å². The van der Waals surface area contributed by atoms with Gasteiger partial charge in [-0.15, -0.1) is 35.3 Å². The summed E-state index contributed by atoms with van der Waals surface area (Å²) < 4.78 is 14.6. The van der Waals surface area contributed by atoms with Gasteiger partial charge in [0.1, 0.15) is 5.82 Å². The van der Waals surface area contributed by atoms with Crippen LogP contribution in [0.1, 0.15) is 34.3 Å². The van der Waals surface area contributed by atoms with Gasteiger partial charge >= 0.3 is 0 Å². The summed E-state index contributed by atoms with van der Waals surface area (Å²) in [5, 5.41) is 8.24. The monoisotopic (exact) mass is 551 g/mol. The number of hydrogen-bond donors (Lipinski definition) is 2. The fraction of sp³-hybridized carbons (Fsp3) is 0.500. The zero-order valence-corrected chi connectivity index (χ0v) is 20.7. The van der Waals surface area contributed by atoms with Crippen molar-refractivity contribution in [3.8, 4) is 0 Å². The van der Waals surface area contributed by atoms with Crippen LogP contribution in [0.15, 0.2) is 29.4 Å². The van der Waals surface area contributed by atoms with Crippen LogP contribution in [-0.4, -0.2) is 49.1 Å². The largest absolute Gasteiger partial charge is 0.356 e. The summed E-state index contributed by atoms with van der Waals surface area (Å²) in [5.41, 5.74) is 0.562. The minimum absolute atomic E-state index is 0. The highest BCUT2D eigenvalue weighted by molar-refractivity contribution is 14.0. The van der Waals surface area contributed by atoms with Gasteiger partial charge < -0.3 is 10.6 Å². The fourth-order valence-corrected chi connectivity index (χ4v) is 4.59. The lowest BCUT2D eigenvalue weighted by molar-refractivity contribution is 0.240. The van der Waals surface area contributed by atoms with Crippen molar-refractivity contribution in [1.82, 2.24) is 20.5 Å². The molecule has 29 heavy (non-hydrogen) atoms. The van der Waals surface area contributed by atoms with E-state index in [0.717, 1.165) is 43.9 Å². The van der Waals surface area contributed by atoms with E-state index in [9.17, 15) is 4.39 Å². The van der Waals surface area contributed by atoms with Gasteiger partial charge in [0.05, 0.1) is 11.0 Å². The molecule has 0 bridgehead atoms. The lowest BCUT2D eigenvalue weighted by Crippen LogP contribution is -2.43. The number of aliphatic imine (C=N–C) groups is 1. The standard InChI is InChI=1S/C20H27ClFN5S.HI/c1-14-12-25-18(28-14)8-9-24-20(23-2)26-13-17(27-10-3-4-11-27)19-15(21)6-5-7-16(19)22;/h5-7,12,17H,3-4,8-11,13H2,1-2H3,(H2,23,24,26);1H. The molecule has 1 aromatic carbocycles. The molecule has 0 spiro atoms. The van der Waals surface area contributed by atoms with Gasteiger partial charge in [-0.3, -0.25) is 9.89 Å². The Morgan fingerprint density at radius 2 is 2.10 bits per heavy atom. The predicted molar refractivity (Wildman–Crippen MR) is 130 cm³/mol. The van der Waals surface area contributed by atoms with Crippen molar-refractivity contribution in [3.63, 3.8) is 0 Å². The van der Waals surface area contributed by atoms with E-state index >= 15 is 0 Å². The first kappa shape index (κ1) is 24.3. The Labute approximate surface area is 198 Å². The Bertz CT molecular complexity index is 790. The topological polar surface area (TPSA) is 52.6 Å². The molecule has 9 heteroatoms. The average Bonchev–Trinajstić information content (AvgIpc) is 3.34. The van der Waals surface area contributed by atoms with E-state index in [0.29, 0.717) is 23.1 Å². The molecule has 0 saturated carbocycles. The van der Waals surface area contributed by atoms with Crippen molar-refractivity contribution in [2.75, 3.05) is 33.2 Å². The molecule has 1 atom stereocenters. The zero-order chi connectivity index (χ0) is 19.9. The zero-order valence-electron chi connectivity index (χ0n) is 16.8. The van der Waals surface area contributed by atoms with Crippen molar-refractivity contribution in [2.45, 2.75) is 32.2 Å². The van der Waals surface area contributed by atoms with Crippen LogP contribution < -0.4 is 10.6 Å². The smallest absolute Gasteiger partial charge is 0.191 e. The highest BCUT2D eigenvalue weighted by Gasteiger charge is 2.27. The van der Waals surface area contributed by atoms with Crippen LogP contribution in [0.25, 0.3) is 0 Å². The first-order chi connectivity index (χ1) is 13.6. The number of likely N-dealkylation sites (tertiary alicyclic amines) is 1. The van der Waals surface area contributed by atoms with Crippen molar-refractivity contribution in [2.24, 2.45) is 4.99 Å². The second kappa shape index (κ2) is 12.0. The van der Waals surface area contributed by atoms with Gasteiger partial charge in [-0.05, 0) is 45.0 Å². The fourth-order valence-electron chi connectivity index (χ4n) is 3.51. The SMILES string of the molecule is CN=C(NCCc1ncc(C)s1)NCC(c1c(F)cccc1Cl)N1CCCC1.I.